The molecule has 0 rings (SSSR count). The summed E-state index contributed by atoms with van der Waals surface area (Å²) in [4.78, 5) is 10.0. The van der Waals surface area contributed by atoms with Gasteiger partial charge in [0, 0.05) is 0 Å². The Balaban J connectivity index is 3.53. The molecule has 28 heavy (non-hydrogen) atoms. The third kappa shape index (κ3) is 18.7. The van der Waals surface area contributed by atoms with E-state index in [1.54, 1.807) is 0 Å². The topological polar surface area (TPSA) is 55.8 Å². The molecule has 0 aromatic rings. The van der Waals surface area contributed by atoms with Crippen LogP contribution in [0.5, 0.6) is 0 Å². The molecule has 0 aliphatic heterocycles. The number of hydrogen-bond acceptors (Lipinski definition) is 3. The van der Waals surface area contributed by atoms with E-state index in [2.05, 4.69) is 13.8 Å². The average Bonchev–Trinajstić information content (AvgIpc) is 2.56. The van der Waals surface area contributed by atoms with Gasteiger partial charge in [-0.05, 0) is 0 Å². The maximum atomic E-state index is 12.2. The Morgan fingerprint density at radius 3 is 1.46 bits per heavy atom. The fourth-order valence-corrected chi connectivity index (χ4v) is 13.8. The molecular formula is C22H50AsO4P. The quantitative estimate of drug-likeness (QED) is 0.107. The van der Waals surface area contributed by atoms with E-state index in [0.717, 1.165) is 24.5 Å². The summed E-state index contributed by atoms with van der Waals surface area (Å²) in [5, 5.41) is 0.880. The Hall–Kier alpha value is 0.668. The molecule has 0 radical (unpaired) electrons. The van der Waals surface area contributed by atoms with Crippen molar-refractivity contribution in [2.45, 2.75) is 133 Å². The summed E-state index contributed by atoms with van der Waals surface area (Å²) in [6.45, 7) is 4.67. The molecule has 0 saturated heterocycles. The molecule has 0 aliphatic rings. The molecule has 0 saturated carbocycles. The summed E-state index contributed by atoms with van der Waals surface area (Å²) in [5.74, 6) is 0. The first kappa shape index (κ1) is 28.7. The molecule has 0 aromatic carbocycles. The van der Waals surface area contributed by atoms with Gasteiger partial charge in [0.25, 0.3) is 0 Å². The van der Waals surface area contributed by atoms with Crippen molar-refractivity contribution in [2.24, 2.45) is 0 Å². The fourth-order valence-electron chi connectivity index (χ4n) is 3.69. The molecule has 0 heterocycles. The molecule has 4 nitrogen and oxygen atoms in total. The summed E-state index contributed by atoms with van der Waals surface area (Å²) in [5.41, 5.74) is 6.09. The van der Waals surface area contributed by atoms with Crippen molar-refractivity contribution < 1.29 is 17.5 Å². The first-order valence-corrected chi connectivity index (χ1v) is 21.0. The van der Waals surface area contributed by atoms with Crippen LogP contribution in [0.1, 0.15) is 110 Å². The van der Waals surface area contributed by atoms with Gasteiger partial charge >= 0.3 is 132 Å². The van der Waals surface area contributed by atoms with Gasteiger partial charge in [0.2, 0.25) is 0 Å². The van der Waals surface area contributed by atoms with Gasteiger partial charge in [-0.2, -0.15) is 0 Å². The van der Waals surface area contributed by atoms with E-state index in [-0.39, 0.29) is 0 Å². The van der Waals surface area contributed by atoms with E-state index in [1.807, 2.05) is 17.1 Å². The van der Waals surface area contributed by atoms with Crippen LogP contribution < -0.4 is 0 Å². The SMILES string of the molecule is CCCCCCCCCCCCCCCCOP(=O)(O)O[As](C)(C)(C)CCC. The van der Waals surface area contributed by atoms with Crippen molar-refractivity contribution in [2.75, 3.05) is 6.61 Å². The molecule has 6 heteroatoms. The molecule has 1 unspecified atom stereocenters. The van der Waals surface area contributed by atoms with Crippen LogP contribution in [0.4, 0.5) is 0 Å². The van der Waals surface area contributed by atoms with E-state index < -0.39 is 20.6 Å². The predicted molar refractivity (Wildman–Crippen MR) is 126 cm³/mol. The minimum absolute atomic E-state index is 0.318. The van der Waals surface area contributed by atoms with Gasteiger partial charge in [-0.3, -0.25) is 0 Å². The Morgan fingerprint density at radius 1 is 0.679 bits per heavy atom. The third-order valence-corrected chi connectivity index (χ3v) is 15.7. The van der Waals surface area contributed by atoms with Crippen LogP contribution in [0.2, 0.25) is 22.3 Å². The fraction of sp³-hybridized carbons (Fsp3) is 1.00. The van der Waals surface area contributed by atoms with E-state index in [1.165, 1.54) is 77.0 Å². The molecule has 0 bridgehead atoms. The maximum absolute atomic E-state index is 12.2. The molecule has 0 spiro atoms. The van der Waals surface area contributed by atoms with Gasteiger partial charge in [0.05, 0.1) is 0 Å². The van der Waals surface area contributed by atoms with Crippen LogP contribution in [0.15, 0.2) is 0 Å². The van der Waals surface area contributed by atoms with Crippen LogP contribution >= 0.6 is 7.82 Å². The Labute approximate surface area is 177 Å². The summed E-state index contributed by atoms with van der Waals surface area (Å²) in [6, 6.07) is 0. The Kier molecular flexibility index (Phi) is 15.8. The van der Waals surface area contributed by atoms with Crippen molar-refractivity contribution in [3.63, 3.8) is 0 Å². The molecule has 1 atom stereocenters. The van der Waals surface area contributed by atoms with E-state index in [4.69, 9.17) is 8.04 Å². The third-order valence-electron chi connectivity index (χ3n) is 5.14. The predicted octanol–water partition coefficient (Wildman–Crippen LogP) is 8.80. The second kappa shape index (κ2) is 15.5. The van der Waals surface area contributed by atoms with Gasteiger partial charge in [-0.1, -0.05) is 45.4 Å². The van der Waals surface area contributed by atoms with Gasteiger partial charge in [-0.25, -0.2) is 0 Å². The monoisotopic (exact) mass is 484 g/mol. The van der Waals surface area contributed by atoms with Crippen molar-refractivity contribution in [1.82, 2.24) is 0 Å². The van der Waals surface area contributed by atoms with Crippen LogP contribution in [0.25, 0.3) is 0 Å². The second-order valence-corrected chi connectivity index (χ2v) is 25.4. The summed E-state index contributed by atoms with van der Waals surface area (Å²) < 4.78 is 23.1. The zero-order valence-corrected chi connectivity index (χ0v) is 22.4. The number of unbranched alkanes of at least 4 members (excludes halogenated alkanes) is 13. The zero-order valence-electron chi connectivity index (χ0n) is 19.6. The molecular weight excluding hydrogens is 434 g/mol. The molecule has 0 aliphatic carbocycles. The van der Waals surface area contributed by atoms with Crippen LogP contribution in [-0.4, -0.2) is 24.3 Å². The second-order valence-electron chi connectivity index (χ2n) is 9.67. The van der Waals surface area contributed by atoms with Crippen LogP contribution in [0, 0.1) is 0 Å². The van der Waals surface area contributed by atoms with Gasteiger partial charge in [0.15, 0.2) is 0 Å². The number of hydrogen-bond donors (Lipinski definition) is 1. The van der Waals surface area contributed by atoms with Crippen molar-refractivity contribution in [1.29, 1.82) is 0 Å². The normalized spacial score (nSPS) is 15.9. The van der Waals surface area contributed by atoms with Crippen molar-refractivity contribution >= 4 is 20.6 Å². The van der Waals surface area contributed by atoms with E-state index in [9.17, 15) is 9.46 Å². The zero-order chi connectivity index (χ0) is 21.4. The molecule has 0 aromatic heterocycles. The summed E-state index contributed by atoms with van der Waals surface area (Å²) in [7, 11) is -3.92. The first-order chi connectivity index (χ1) is 13.1. The van der Waals surface area contributed by atoms with Crippen molar-refractivity contribution in [3.05, 3.63) is 0 Å². The molecule has 0 amide bonds. The summed E-state index contributed by atoms with van der Waals surface area (Å²) >= 11 is -3.12. The van der Waals surface area contributed by atoms with Crippen molar-refractivity contribution in [3.8, 4) is 0 Å². The number of phosphoric ester groups is 1. The van der Waals surface area contributed by atoms with E-state index >= 15 is 0 Å². The van der Waals surface area contributed by atoms with Crippen LogP contribution in [-0.2, 0) is 12.6 Å². The van der Waals surface area contributed by atoms with Gasteiger partial charge in [-0.15, -0.1) is 0 Å². The Morgan fingerprint density at radius 2 is 1.07 bits per heavy atom. The van der Waals surface area contributed by atoms with E-state index in [0.29, 0.717) is 6.61 Å². The molecule has 172 valence electrons. The average molecular weight is 485 g/mol. The minimum atomic E-state index is -3.92. The standard InChI is InChI=1S/C22H50AsO4P/c1-6-8-9-10-11-12-13-14-15-16-17-18-19-20-22-26-28(24,25)27-23(3,4,5)21-7-2/h6-22H2,1-5H3,(H,24,25). The first-order valence-electron chi connectivity index (χ1n) is 11.8. The molecule has 1 N–H and O–H groups in total. The Bertz CT molecular complexity index is 420. The van der Waals surface area contributed by atoms with Gasteiger partial charge in [0.1, 0.15) is 0 Å². The van der Waals surface area contributed by atoms with Gasteiger partial charge < -0.3 is 0 Å². The summed E-state index contributed by atoms with van der Waals surface area (Å²) in [6.07, 6.45) is 19.1. The molecule has 0 fully saturated rings. The number of phosphoric acid groups is 1. The van der Waals surface area contributed by atoms with Crippen LogP contribution in [0.3, 0.4) is 0 Å². The number of rotatable bonds is 20.